The van der Waals surface area contributed by atoms with E-state index in [1.54, 1.807) is 0 Å². The van der Waals surface area contributed by atoms with Crippen molar-refractivity contribution in [1.82, 2.24) is 15.2 Å². The lowest BCUT2D eigenvalue weighted by Crippen LogP contribution is -2.71. The predicted molar refractivity (Wildman–Crippen MR) is 120 cm³/mol. The average Bonchev–Trinajstić information content (AvgIpc) is 3.06. The van der Waals surface area contributed by atoms with Gasteiger partial charge in [-0.05, 0) is 11.8 Å². The Balaban J connectivity index is 1.82. The van der Waals surface area contributed by atoms with Crippen molar-refractivity contribution in [1.29, 1.82) is 0 Å². The Kier molecular flexibility index (Phi) is 7.53. The maximum absolute atomic E-state index is 12.9. The highest BCUT2D eigenvalue weighted by Gasteiger charge is 2.54. The SMILES string of the molecule is CSCC1=C(C(=O)O)N2C(=O)C(NC(=O)/C(=N\OCC(=O)O)c3nc(N)sc3Cl)[C@H]2SC1. The number of β-lactam (4-membered cyclic amide) rings is 1. The van der Waals surface area contributed by atoms with Crippen LogP contribution in [0.1, 0.15) is 5.69 Å². The molecule has 1 fully saturated rings. The highest BCUT2D eigenvalue weighted by atomic mass is 35.5. The van der Waals surface area contributed by atoms with E-state index >= 15 is 0 Å². The van der Waals surface area contributed by atoms with Gasteiger partial charge in [0.2, 0.25) is 6.61 Å². The van der Waals surface area contributed by atoms with Crippen molar-refractivity contribution in [2.24, 2.45) is 5.16 Å². The summed E-state index contributed by atoms with van der Waals surface area (Å²) in [4.78, 5) is 57.7. The second-order valence-corrected chi connectivity index (χ2v) is 9.94. The number of carbonyl (C=O) groups excluding carboxylic acids is 2. The van der Waals surface area contributed by atoms with Crippen molar-refractivity contribution in [3.05, 3.63) is 21.3 Å². The molecule has 1 aromatic heterocycles. The first-order chi connectivity index (χ1) is 15.1. The Bertz CT molecular complexity index is 1040. The van der Waals surface area contributed by atoms with Crippen LogP contribution < -0.4 is 11.1 Å². The molecular weight excluding hydrogens is 506 g/mol. The number of anilines is 1. The van der Waals surface area contributed by atoms with Crippen molar-refractivity contribution in [2.75, 3.05) is 30.1 Å². The minimum Gasteiger partial charge on any atom is -0.479 e. The number of rotatable bonds is 9. The Morgan fingerprint density at radius 2 is 2.16 bits per heavy atom. The van der Waals surface area contributed by atoms with Crippen molar-refractivity contribution < 1.29 is 34.2 Å². The zero-order valence-corrected chi connectivity index (χ0v) is 19.4. The third-order valence-electron chi connectivity index (χ3n) is 4.24. The van der Waals surface area contributed by atoms with Crippen molar-refractivity contribution in [3.8, 4) is 0 Å². The number of carboxylic acid groups (broad SMARTS) is 2. The zero-order valence-electron chi connectivity index (χ0n) is 16.2. The Morgan fingerprint density at radius 3 is 2.72 bits per heavy atom. The quantitative estimate of drug-likeness (QED) is 0.199. The summed E-state index contributed by atoms with van der Waals surface area (Å²) in [5.41, 5.74) is 5.55. The van der Waals surface area contributed by atoms with Gasteiger partial charge in [-0.15, -0.1) is 11.8 Å². The number of nitrogen functional groups attached to an aromatic ring is 1. The summed E-state index contributed by atoms with van der Waals surface area (Å²) in [5, 5.41) is 23.7. The van der Waals surface area contributed by atoms with Gasteiger partial charge in [0.25, 0.3) is 11.8 Å². The molecule has 16 heteroatoms. The molecule has 2 amide bonds. The Labute approximate surface area is 198 Å². The molecule has 3 rings (SSSR count). The highest BCUT2D eigenvalue weighted by molar-refractivity contribution is 8.00. The van der Waals surface area contributed by atoms with Gasteiger partial charge < -0.3 is 26.1 Å². The molecule has 0 aliphatic carbocycles. The molecule has 1 saturated heterocycles. The van der Waals surface area contributed by atoms with Crippen LogP contribution >= 0.6 is 46.5 Å². The summed E-state index contributed by atoms with van der Waals surface area (Å²) in [6.07, 6.45) is 1.83. The van der Waals surface area contributed by atoms with Crippen LogP contribution in [0.2, 0.25) is 4.34 Å². The van der Waals surface area contributed by atoms with Gasteiger partial charge in [-0.25, -0.2) is 14.6 Å². The van der Waals surface area contributed by atoms with E-state index in [0.717, 1.165) is 16.2 Å². The summed E-state index contributed by atoms with van der Waals surface area (Å²) in [6.45, 7) is -0.826. The van der Waals surface area contributed by atoms with E-state index in [-0.39, 0.29) is 20.9 Å². The number of nitrogens with two attached hydrogens (primary N) is 1. The molecule has 172 valence electrons. The fourth-order valence-electron chi connectivity index (χ4n) is 2.99. The fourth-order valence-corrected chi connectivity index (χ4v) is 5.98. The summed E-state index contributed by atoms with van der Waals surface area (Å²) in [5.74, 6) is -3.19. The predicted octanol–water partition coefficient (Wildman–Crippen LogP) is 0.286. The number of nitrogens with one attached hydrogen (secondary N) is 1. The molecule has 12 nitrogen and oxygen atoms in total. The van der Waals surface area contributed by atoms with Crippen LogP contribution in [-0.4, -0.2) is 85.3 Å². The number of oxime groups is 1. The number of hydrogen-bond donors (Lipinski definition) is 4. The Hall–Kier alpha value is -2.49. The number of fused-ring (bicyclic) bond motifs is 1. The van der Waals surface area contributed by atoms with Gasteiger partial charge in [0.1, 0.15) is 27.1 Å². The number of carbonyl (C=O) groups is 4. The lowest BCUT2D eigenvalue weighted by Gasteiger charge is -2.49. The number of hydrogen-bond acceptors (Lipinski definition) is 11. The van der Waals surface area contributed by atoms with Crippen molar-refractivity contribution >= 4 is 81.1 Å². The zero-order chi connectivity index (χ0) is 23.6. The molecule has 1 aromatic rings. The van der Waals surface area contributed by atoms with Gasteiger partial charge in [-0.1, -0.05) is 28.1 Å². The first-order valence-corrected chi connectivity index (χ1v) is 12.3. The first kappa shape index (κ1) is 24.2. The number of carboxylic acids is 2. The molecule has 1 unspecified atom stereocenters. The number of thioether (sulfide) groups is 2. The van der Waals surface area contributed by atoms with Gasteiger partial charge in [0.05, 0.1) is 0 Å². The molecule has 3 heterocycles. The topological polar surface area (TPSA) is 185 Å². The largest absolute Gasteiger partial charge is 0.479 e. The summed E-state index contributed by atoms with van der Waals surface area (Å²) in [7, 11) is 0. The van der Waals surface area contributed by atoms with Gasteiger partial charge in [-0.3, -0.25) is 14.5 Å². The number of aliphatic carboxylic acids is 2. The molecule has 0 aromatic carbocycles. The van der Waals surface area contributed by atoms with Crippen LogP contribution in [0.15, 0.2) is 16.4 Å². The number of nitrogens with zero attached hydrogens (tertiary/aromatic N) is 3. The molecule has 0 bridgehead atoms. The monoisotopic (exact) mass is 521 g/mol. The molecule has 5 N–H and O–H groups in total. The van der Waals surface area contributed by atoms with Gasteiger partial charge in [-0.2, -0.15) is 11.8 Å². The van der Waals surface area contributed by atoms with Gasteiger partial charge >= 0.3 is 11.9 Å². The highest BCUT2D eigenvalue weighted by Crippen LogP contribution is 2.41. The Morgan fingerprint density at radius 1 is 1.44 bits per heavy atom. The lowest BCUT2D eigenvalue weighted by atomic mass is 10.0. The fraction of sp³-hybridized carbons (Fsp3) is 0.375. The summed E-state index contributed by atoms with van der Waals surface area (Å²) < 4.78 is 0.0155. The van der Waals surface area contributed by atoms with Crippen molar-refractivity contribution in [2.45, 2.75) is 11.4 Å². The van der Waals surface area contributed by atoms with E-state index in [0.29, 0.717) is 17.1 Å². The van der Waals surface area contributed by atoms with E-state index in [2.05, 4.69) is 20.3 Å². The molecule has 0 spiro atoms. The molecule has 32 heavy (non-hydrogen) atoms. The van der Waals surface area contributed by atoms with E-state index in [1.807, 2.05) is 6.26 Å². The third-order valence-corrected chi connectivity index (χ3v) is 7.30. The van der Waals surface area contributed by atoms with Crippen LogP contribution in [0.5, 0.6) is 0 Å². The van der Waals surface area contributed by atoms with Crippen molar-refractivity contribution in [3.63, 3.8) is 0 Å². The molecular formula is C16H16ClN5O7S3. The number of halogens is 1. The van der Waals surface area contributed by atoms with Gasteiger partial charge in [0.15, 0.2) is 10.8 Å². The normalized spacial score (nSPS) is 20.5. The maximum Gasteiger partial charge on any atom is 0.352 e. The second kappa shape index (κ2) is 9.97. The van der Waals surface area contributed by atoms with Crippen LogP contribution in [-0.2, 0) is 24.0 Å². The number of thiazole rings is 1. The molecule has 2 aliphatic rings. The average molecular weight is 522 g/mol. The van der Waals surface area contributed by atoms with Crippen LogP contribution in [0.25, 0.3) is 0 Å². The van der Waals surface area contributed by atoms with E-state index in [9.17, 15) is 24.3 Å². The standard InChI is InChI=1S/C16H16ClN5O7S3/c1-30-3-5-4-31-14-9(13(26)22(14)10(5)15(27)28)19-12(25)8(21-29-2-6(23)24)7-11(17)32-16(18)20-7/h9,14H,2-4H2,1H3,(H2,18,20)(H,19,25)(H,23,24)(H,27,28)/b21-8-/t9?,14-/m1/s1. The van der Waals surface area contributed by atoms with E-state index < -0.39 is 47.5 Å². The molecule has 0 saturated carbocycles. The van der Waals surface area contributed by atoms with Crippen LogP contribution in [0, 0.1) is 0 Å². The lowest BCUT2D eigenvalue weighted by molar-refractivity contribution is -0.150. The van der Waals surface area contributed by atoms with E-state index in [1.165, 1.54) is 23.5 Å². The smallest absolute Gasteiger partial charge is 0.352 e. The maximum atomic E-state index is 12.9. The molecule has 0 radical (unpaired) electrons. The van der Waals surface area contributed by atoms with E-state index in [4.69, 9.17) is 22.4 Å². The number of aromatic nitrogens is 1. The minimum atomic E-state index is -1.32. The first-order valence-electron chi connectivity index (χ1n) is 8.69. The summed E-state index contributed by atoms with van der Waals surface area (Å²) >= 11 is 9.67. The van der Waals surface area contributed by atoms with Crippen LogP contribution in [0.3, 0.4) is 0 Å². The molecule has 2 atom stereocenters. The molecule has 2 aliphatic heterocycles. The second-order valence-electron chi connectivity index (χ2n) is 6.33. The summed E-state index contributed by atoms with van der Waals surface area (Å²) in [6, 6.07) is -1.03. The minimum absolute atomic E-state index is 0.0155. The van der Waals surface area contributed by atoms with Crippen LogP contribution in [0.4, 0.5) is 5.13 Å². The van der Waals surface area contributed by atoms with Gasteiger partial charge in [0, 0.05) is 11.5 Å². The number of amides is 2. The third kappa shape index (κ3) is 4.79.